The number of hydrogen-bond acceptors (Lipinski definition) is 3. The van der Waals surface area contributed by atoms with Crippen LogP contribution >= 0.6 is 0 Å². The first-order chi connectivity index (χ1) is 8.76. The molecule has 3 rings (SSSR count). The highest BCUT2D eigenvalue weighted by Crippen LogP contribution is 2.33. The summed E-state index contributed by atoms with van der Waals surface area (Å²) >= 11 is 0. The van der Waals surface area contributed by atoms with E-state index < -0.39 is 0 Å². The molecule has 3 unspecified atom stereocenters. The van der Waals surface area contributed by atoms with Crippen molar-refractivity contribution in [2.75, 3.05) is 19.6 Å². The standard InChI is InChI=1S/C14H25N3O/c1-2-17-7-5-10(6-8-17)16-14(18)12-9-11-3-4-13(12)15-11/h10-13,15H,2-9H2,1H3,(H,16,18). The number of piperidine rings is 1. The van der Waals surface area contributed by atoms with E-state index in [0.717, 1.165) is 38.9 Å². The van der Waals surface area contributed by atoms with Crippen LogP contribution in [0.2, 0.25) is 0 Å². The molecule has 3 heterocycles. The molecule has 18 heavy (non-hydrogen) atoms. The maximum Gasteiger partial charge on any atom is 0.224 e. The molecule has 2 N–H and O–H groups in total. The van der Waals surface area contributed by atoms with Crippen LogP contribution < -0.4 is 10.6 Å². The minimum atomic E-state index is 0.243. The van der Waals surface area contributed by atoms with Gasteiger partial charge in [-0.25, -0.2) is 0 Å². The largest absolute Gasteiger partial charge is 0.353 e. The van der Waals surface area contributed by atoms with Crippen molar-refractivity contribution in [1.82, 2.24) is 15.5 Å². The molecule has 4 heteroatoms. The highest BCUT2D eigenvalue weighted by atomic mass is 16.2. The Balaban J connectivity index is 1.47. The number of rotatable bonds is 3. The molecule has 3 atom stereocenters. The van der Waals surface area contributed by atoms with Crippen LogP contribution in [0.5, 0.6) is 0 Å². The zero-order valence-electron chi connectivity index (χ0n) is 11.3. The van der Waals surface area contributed by atoms with Gasteiger partial charge in [-0.1, -0.05) is 6.92 Å². The number of carbonyl (C=O) groups excluding carboxylic acids is 1. The lowest BCUT2D eigenvalue weighted by Gasteiger charge is -2.32. The van der Waals surface area contributed by atoms with Crippen molar-refractivity contribution in [1.29, 1.82) is 0 Å². The van der Waals surface area contributed by atoms with E-state index in [4.69, 9.17) is 0 Å². The van der Waals surface area contributed by atoms with Crippen LogP contribution in [-0.2, 0) is 4.79 Å². The summed E-state index contributed by atoms with van der Waals surface area (Å²) in [6.45, 7) is 5.61. The van der Waals surface area contributed by atoms with E-state index in [1.807, 2.05) is 0 Å². The Morgan fingerprint density at radius 2 is 2.06 bits per heavy atom. The Kier molecular flexibility index (Phi) is 3.57. The third-order valence-electron chi connectivity index (χ3n) is 5.02. The lowest BCUT2D eigenvalue weighted by molar-refractivity contribution is -0.126. The summed E-state index contributed by atoms with van der Waals surface area (Å²) in [4.78, 5) is 14.7. The number of amides is 1. The summed E-state index contributed by atoms with van der Waals surface area (Å²) in [7, 11) is 0. The Hall–Kier alpha value is -0.610. The van der Waals surface area contributed by atoms with E-state index in [9.17, 15) is 4.79 Å². The monoisotopic (exact) mass is 251 g/mol. The topological polar surface area (TPSA) is 44.4 Å². The van der Waals surface area contributed by atoms with Gasteiger partial charge in [-0.3, -0.25) is 4.79 Å². The van der Waals surface area contributed by atoms with Gasteiger partial charge in [-0.2, -0.15) is 0 Å². The molecule has 2 bridgehead atoms. The van der Waals surface area contributed by atoms with Gasteiger partial charge in [0.15, 0.2) is 0 Å². The second kappa shape index (κ2) is 5.17. The van der Waals surface area contributed by atoms with E-state index in [1.165, 1.54) is 12.8 Å². The minimum absolute atomic E-state index is 0.243. The Morgan fingerprint density at radius 3 is 2.61 bits per heavy atom. The molecule has 0 aliphatic carbocycles. The summed E-state index contributed by atoms with van der Waals surface area (Å²) in [6, 6.07) is 1.50. The lowest BCUT2D eigenvalue weighted by Crippen LogP contribution is -2.47. The first kappa shape index (κ1) is 12.4. The SMILES string of the molecule is CCN1CCC(NC(=O)C2CC3CCC2N3)CC1. The molecule has 0 saturated carbocycles. The molecule has 3 aliphatic rings. The predicted octanol–water partition coefficient (Wildman–Crippen LogP) is 0.727. The summed E-state index contributed by atoms with van der Waals surface area (Å²) in [6.07, 6.45) is 5.76. The second-order valence-electron chi connectivity index (χ2n) is 6.11. The van der Waals surface area contributed by atoms with Crippen LogP contribution in [-0.4, -0.2) is 48.6 Å². The Morgan fingerprint density at radius 1 is 1.28 bits per heavy atom. The quantitative estimate of drug-likeness (QED) is 0.777. The molecule has 0 aromatic rings. The molecular weight excluding hydrogens is 226 g/mol. The molecule has 3 aliphatic heterocycles. The number of carbonyl (C=O) groups is 1. The average Bonchev–Trinajstić information content (AvgIpc) is 3.02. The van der Waals surface area contributed by atoms with Crippen molar-refractivity contribution in [2.45, 2.75) is 57.2 Å². The van der Waals surface area contributed by atoms with E-state index >= 15 is 0 Å². The summed E-state index contributed by atoms with van der Waals surface area (Å²) in [5.74, 6) is 0.553. The van der Waals surface area contributed by atoms with Crippen LogP contribution in [0.25, 0.3) is 0 Å². The van der Waals surface area contributed by atoms with Gasteiger partial charge in [0.05, 0.1) is 5.92 Å². The first-order valence-corrected chi connectivity index (χ1v) is 7.55. The van der Waals surface area contributed by atoms with Gasteiger partial charge in [0.1, 0.15) is 0 Å². The van der Waals surface area contributed by atoms with Crippen molar-refractivity contribution in [3.05, 3.63) is 0 Å². The van der Waals surface area contributed by atoms with Crippen LogP contribution in [0.4, 0.5) is 0 Å². The van der Waals surface area contributed by atoms with Crippen molar-refractivity contribution in [3.63, 3.8) is 0 Å². The normalized spacial score (nSPS) is 37.1. The predicted molar refractivity (Wildman–Crippen MR) is 71.3 cm³/mol. The molecule has 3 saturated heterocycles. The highest BCUT2D eigenvalue weighted by molar-refractivity contribution is 5.80. The fourth-order valence-corrected chi connectivity index (χ4v) is 3.82. The molecule has 1 amide bonds. The molecule has 0 aromatic carbocycles. The summed E-state index contributed by atoms with van der Waals surface area (Å²) in [5, 5.41) is 6.83. The minimum Gasteiger partial charge on any atom is -0.353 e. The van der Waals surface area contributed by atoms with E-state index in [-0.39, 0.29) is 5.92 Å². The van der Waals surface area contributed by atoms with Gasteiger partial charge in [0.2, 0.25) is 5.91 Å². The molecule has 3 fully saturated rings. The van der Waals surface area contributed by atoms with Crippen LogP contribution in [0.15, 0.2) is 0 Å². The number of hydrogen-bond donors (Lipinski definition) is 2. The van der Waals surface area contributed by atoms with Crippen LogP contribution in [0, 0.1) is 5.92 Å². The second-order valence-corrected chi connectivity index (χ2v) is 6.11. The van der Waals surface area contributed by atoms with Crippen LogP contribution in [0.1, 0.15) is 39.0 Å². The number of likely N-dealkylation sites (tertiary alicyclic amines) is 1. The molecule has 4 nitrogen and oxygen atoms in total. The Bertz CT molecular complexity index is 312. The summed E-state index contributed by atoms with van der Waals surface area (Å²) < 4.78 is 0. The maximum absolute atomic E-state index is 12.3. The zero-order chi connectivity index (χ0) is 12.5. The fraction of sp³-hybridized carbons (Fsp3) is 0.929. The molecule has 0 spiro atoms. The van der Waals surface area contributed by atoms with Gasteiger partial charge in [0, 0.05) is 31.2 Å². The van der Waals surface area contributed by atoms with E-state index in [2.05, 4.69) is 22.5 Å². The number of nitrogens with one attached hydrogen (secondary N) is 2. The highest BCUT2D eigenvalue weighted by Gasteiger charge is 2.43. The Labute approximate surface area is 109 Å². The smallest absolute Gasteiger partial charge is 0.224 e. The average molecular weight is 251 g/mol. The first-order valence-electron chi connectivity index (χ1n) is 7.55. The van der Waals surface area contributed by atoms with Crippen molar-refractivity contribution in [3.8, 4) is 0 Å². The molecule has 102 valence electrons. The molecular formula is C14H25N3O. The van der Waals surface area contributed by atoms with Crippen LogP contribution in [0.3, 0.4) is 0 Å². The van der Waals surface area contributed by atoms with Gasteiger partial charge in [-0.05, 0) is 38.6 Å². The fourth-order valence-electron chi connectivity index (χ4n) is 3.82. The number of nitrogens with zero attached hydrogens (tertiary/aromatic N) is 1. The van der Waals surface area contributed by atoms with Crippen molar-refractivity contribution in [2.24, 2.45) is 5.92 Å². The number of fused-ring (bicyclic) bond motifs is 2. The lowest BCUT2D eigenvalue weighted by atomic mass is 9.88. The van der Waals surface area contributed by atoms with Gasteiger partial charge in [-0.15, -0.1) is 0 Å². The molecule has 0 aromatic heterocycles. The van der Waals surface area contributed by atoms with Gasteiger partial charge < -0.3 is 15.5 Å². The molecule has 0 radical (unpaired) electrons. The zero-order valence-corrected chi connectivity index (χ0v) is 11.3. The van der Waals surface area contributed by atoms with Gasteiger partial charge >= 0.3 is 0 Å². The third kappa shape index (κ3) is 2.41. The van der Waals surface area contributed by atoms with E-state index in [1.54, 1.807) is 0 Å². The summed E-state index contributed by atoms with van der Waals surface area (Å²) in [5.41, 5.74) is 0. The maximum atomic E-state index is 12.3. The third-order valence-corrected chi connectivity index (χ3v) is 5.02. The van der Waals surface area contributed by atoms with Crippen molar-refractivity contribution >= 4 is 5.91 Å². The van der Waals surface area contributed by atoms with E-state index in [0.29, 0.717) is 24.0 Å². The van der Waals surface area contributed by atoms with Gasteiger partial charge in [0.25, 0.3) is 0 Å². The van der Waals surface area contributed by atoms with Crippen molar-refractivity contribution < 1.29 is 4.79 Å².